The van der Waals surface area contributed by atoms with Gasteiger partial charge in [0.25, 0.3) is 5.56 Å². The van der Waals surface area contributed by atoms with E-state index in [0.717, 1.165) is 0 Å². The minimum atomic E-state index is -0.336. The minimum Gasteiger partial charge on any atom is -0.399 e. The van der Waals surface area contributed by atoms with Gasteiger partial charge in [-0.25, -0.2) is 4.98 Å². The van der Waals surface area contributed by atoms with Crippen molar-refractivity contribution in [3.05, 3.63) is 28.6 Å². The van der Waals surface area contributed by atoms with Crippen molar-refractivity contribution in [3.63, 3.8) is 0 Å². The van der Waals surface area contributed by atoms with Crippen LogP contribution in [0.3, 0.4) is 0 Å². The average molecular weight is 218 g/mol. The first kappa shape index (κ1) is 9.97. The van der Waals surface area contributed by atoms with Crippen LogP contribution in [0.4, 0.5) is 11.6 Å². The fourth-order valence-corrected chi connectivity index (χ4v) is 1.32. The molecule has 2 rings (SSSR count). The van der Waals surface area contributed by atoms with E-state index in [0.29, 0.717) is 16.6 Å². The van der Waals surface area contributed by atoms with Gasteiger partial charge >= 0.3 is 0 Å². The number of rotatable bonds is 1. The summed E-state index contributed by atoms with van der Waals surface area (Å²) in [6.45, 7) is 0. The number of guanidine groups is 1. The molecule has 1 aromatic heterocycles. The van der Waals surface area contributed by atoms with Gasteiger partial charge in [-0.3, -0.25) is 9.78 Å². The Labute approximate surface area is 90.0 Å². The van der Waals surface area contributed by atoms with E-state index >= 15 is 0 Å². The molecule has 82 valence electrons. The lowest BCUT2D eigenvalue weighted by molar-refractivity contribution is 1.13. The molecule has 0 amide bonds. The zero-order valence-corrected chi connectivity index (χ0v) is 8.27. The number of nitrogens with one attached hydrogen (secondary N) is 1. The van der Waals surface area contributed by atoms with E-state index in [1.807, 2.05) is 0 Å². The number of aromatic amines is 1. The number of aromatic nitrogens is 2. The number of nitrogen functional groups attached to an aromatic ring is 1. The van der Waals surface area contributed by atoms with Crippen molar-refractivity contribution in [1.82, 2.24) is 9.97 Å². The van der Waals surface area contributed by atoms with Crippen LogP contribution in [-0.2, 0) is 0 Å². The summed E-state index contributed by atoms with van der Waals surface area (Å²) in [7, 11) is 0. The molecule has 0 atom stereocenters. The van der Waals surface area contributed by atoms with Crippen molar-refractivity contribution in [3.8, 4) is 0 Å². The molecule has 0 aliphatic carbocycles. The molecular weight excluding hydrogens is 208 g/mol. The van der Waals surface area contributed by atoms with E-state index in [2.05, 4.69) is 15.0 Å². The molecule has 0 saturated carbocycles. The molecule has 7 N–H and O–H groups in total. The second-order valence-corrected chi connectivity index (χ2v) is 3.20. The molecule has 0 aliphatic heterocycles. The summed E-state index contributed by atoms with van der Waals surface area (Å²) in [6, 6.07) is 4.82. The van der Waals surface area contributed by atoms with Crippen LogP contribution in [0.15, 0.2) is 28.0 Å². The fraction of sp³-hybridized carbons (Fsp3) is 0. The number of fused-ring (bicyclic) bond motifs is 1. The highest BCUT2D eigenvalue weighted by Crippen LogP contribution is 2.13. The van der Waals surface area contributed by atoms with Crippen molar-refractivity contribution in [1.29, 1.82) is 0 Å². The molecule has 0 saturated heterocycles. The molecule has 0 spiro atoms. The molecule has 7 heteroatoms. The van der Waals surface area contributed by atoms with Crippen LogP contribution < -0.4 is 22.8 Å². The van der Waals surface area contributed by atoms with Crippen LogP contribution in [0, 0.1) is 0 Å². The molecule has 7 nitrogen and oxygen atoms in total. The number of hydrogen-bond acceptors (Lipinski definition) is 4. The van der Waals surface area contributed by atoms with Crippen LogP contribution in [-0.4, -0.2) is 15.9 Å². The number of H-pyrrole nitrogens is 1. The van der Waals surface area contributed by atoms with Crippen LogP contribution >= 0.6 is 0 Å². The van der Waals surface area contributed by atoms with Crippen LogP contribution in [0.25, 0.3) is 10.9 Å². The zero-order valence-electron chi connectivity index (χ0n) is 8.27. The largest absolute Gasteiger partial charge is 0.399 e. The smallest absolute Gasteiger partial charge is 0.260 e. The molecule has 0 fully saturated rings. The second-order valence-electron chi connectivity index (χ2n) is 3.20. The highest BCUT2D eigenvalue weighted by atomic mass is 16.1. The van der Waals surface area contributed by atoms with Gasteiger partial charge in [0.1, 0.15) is 0 Å². The van der Waals surface area contributed by atoms with Gasteiger partial charge < -0.3 is 17.2 Å². The highest BCUT2D eigenvalue weighted by molar-refractivity contribution is 5.83. The number of nitrogens with two attached hydrogens (primary N) is 3. The summed E-state index contributed by atoms with van der Waals surface area (Å²) in [5.74, 6) is -0.0970. The summed E-state index contributed by atoms with van der Waals surface area (Å²) in [4.78, 5) is 21.8. The van der Waals surface area contributed by atoms with E-state index in [1.54, 1.807) is 18.2 Å². The third-order valence-corrected chi connectivity index (χ3v) is 1.95. The van der Waals surface area contributed by atoms with Crippen LogP contribution in [0.2, 0.25) is 0 Å². The summed E-state index contributed by atoms with van der Waals surface area (Å²) in [5, 5.41) is 0.398. The van der Waals surface area contributed by atoms with Gasteiger partial charge in [-0.05, 0) is 18.2 Å². The Morgan fingerprint density at radius 1 is 1.38 bits per heavy atom. The zero-order chi connectivity index (χ0) is 11.7. The minimum absolute atomic E-state index is 0.0715. The maximum absolute atomic E-state index is 11.6. The quantitative estimate of drug-likeness (QED) is 0.288. The van der Waals surface area contributed by atoms with Gasteiger partial charge in [0, 0.05) is 5.69 Å². The van der Waals surface area contributed by atoms with Crippen LogP contribution in [0.1, 0.15) is 0 Å². The van der Waals surface area contributed by atoms with Gasteiger partial charge in [-0.1, -0.05) is 0 Å². The predicted molar refractivity (Wildman–Crippen MR) is 62.2 cm³/mol. The molecular formula is C9H10N6O. The first-order chi connectivity index (χ1) is 7.56. The monoisotopic (exact) mass is 218 g/mol. The van der Waals surface area contributed by atoms with Gasteiger partial charge in [0.15, 0.2) is 5.96 Å². The highest BCUT2D eigenvalue weighted by Gasteiger charge is 2.03. The number of nitrogens with zero attached hydrogens (tertiary/aromatic N) is 2. The SMILES string of the molecule is NC(N)=Nc1nc2ccc(N)cc2c(=O)[nH]1. The Morgan fingerprint density at radius 2 is 2.12 bits per heavy atom. The summed E-state index contributed by atoms with van der Waals surface area (Å²) in [6.07, 6.45) is 0. The van der Waals surface area contributed by atoms with E-state index in [4.69, 9.17) is 17.2 Å². The van der Waals surface area contributed by atoms with Gasteiger partial charge in [-0.2, -0.15) is 4.99 Å². The lowest BCUT2D eigenvalue weighted by atomic mass is 10.2. The Kier molecular flexibility index (Phi) is 2.20. The van der Waals surface area contributed by atoms with Crippen molar-refractivity contribution in [2.24, 2.45) is 16.5 Å². The van der Waals surface area contributed by atoms with Crippen LogP contribution in [0.5, 0.6) is 0 Å². The van der Waals surface area contributed by atoms with E-state index < -0.39 is 0 Å². The first-order valence-corrected chi connectivity index (χ1v) is 4.45. The maximum atomic E-state index is 11.6. The molecule has 1 aromatic carbocycles. The molecule has 0 radical (unpaired) electrons. The second kappa shape index (κ2) is 3.54. The molecule has 0 unspecified atom stereocenters. The number of hydrogen-bond donors (Lipinski definition) is 4. The third-order valence-electron chi connectivity index (χ3n) is 1.95. The summed E-state index contributed by atoms with van der Waals surface area (Å²) >= 11 is 0. The van der Waals surface area contributed by atoms with Gasteiger partial charge in [0.2, 0.25) is 5.95 Å². The summed E-state index contributed by atoms with van der Waals surface area (Å²) in [5.41, 5.74) is 16.6. The Bertz CT molecular complexity index is 625. The number of anilines is 1. The Hall–Kier alpha value is -2.57. The molecule has 0 bridgehead atoms. The average Bonchev–Trinajstić information content (AvgIpc) is 2.18. The Morgan fingerprint density at radius 3 is 2.81 bits per heavy atom. The maximum Gasteiger partial charge on any atom is 0.260 e. The standard InChI is InChI=1S/C9H10N6O/c10-4-1-2-6-5(3-4)7(16)14-9(13-6)15-8(11)12/h1-3H,10H2,(H5,11,12,13,14,15,16). The lowest BCUT2D eigenvalue weighted by Gasteiger charge is -1.99. The lowest BCUT2D eigenvalue weighted by Crippen LogP contribution is -2.22. The van der Waals surface area contributed by atoms with Crippen molar-refractivity contribution < 1.29 is 0 Å². The fourth-order valence-electron chi connectivity index (χ4n) is 1.32. The number of benzene rings is 1. The molecule has 1 heterocycles. The topological polar surface area (TPSA) is 136 Å². The van der Waals surface area contributed by atoms with Gasteiger partial charge in [-0.15, -0.1) is 0 Å². The van der Waals surface area contributed by atoms with E-state index in [-0.39, 0.29) is 17.5 Å². The molecule has 0 aliphatic rings. The van der Waals surface area contributed by atoms with Crippen molar-refractivity contribution in [2.45, 2.75) is 0 Å². The van der Waals surface area contributed by atoms with Crippen molar-refractivity contribution in [2.75, 3.05) is 5.73 Å². The van der Waals surface area contributed by atoms with E-state index in [1.165, 1.54) is 0 Å². The van der Waals surface area contributed by atoms with E-state index in [9.17, 15) is 4.79 Å². The normalized spacial score (nSPS) is 10.2. The molecule has 2 aromatic rings. The van der Waals surface area contributed by atoms with Gasteiger partial charge in [0.05, 0.1) is 10.9 Å². The first-order valence-electron chi connectivity index (χ1n) is 4.45. The third kappa shape index (κ3) is 1.78. The predicted octanol–water partition coefficient (Wildman–Crippen LogP) is -0.590. The van der Waals surface area contributed by atoms with Crippen molar-refractivity contribution >= 4 is 28.5 Å². The molecule has 16 heavy (non-hydrogen) atoms. The Balaban J connectivity index is 2.74. The number of aliphatic imine (C=N–C) groups is 1. The summed E-state index contributed by atoms with van der Waals surface area (Å²) < 4.78 is 0.